The van der Waals surface area contributed by atoms with Crippen LogP contribution in [0.1, 0.15) is 36.5 Å². The second-order valence-corrected chi connectivity index (χ2v) is 6.88. The van der Waals surface area contributed by atoms with Gasteiger partial charge in [-0.2, -0.15) is 0 Å². The van der Waals surface area contributed by atoms with Gasteiger partial charge in [0.25, 0.3) is 0 Å². The number of carbonyl (C=O) groups excluding carboxylic acids is 2. The average molecular weight is 362 g/mol. The molecule has 0 aliphatic heterocycles. The molecule has 0 atom stereocenters. The molecule has 0 heterocycles. The molecule has 0 radical (unpaired) electrons. The average Bonchev–Trinajstić information content (AvgIpc) is 2.59. The number of ketones is 1. The van der Waals surface area contributed by atoms with Crippen LogP contribution in [0.5, 0.6) is 0 Å². The van der Waals surface area contributed by atoms with Gasteiger partial charge in [-0.05, 0) is 55.0 Å². The van der Waals surface area contributed by atoms with Crippen molar-refractivity contribution in [3.63, 3.8) is 0 Å². The predicted octanol–water partition coefficient (Wildman–Crippen LogP) is 5.44. The molecule has 0 saturated carbocycles. The number of nitrogens with one attached hydrogen (secondary N) is 1. The number of carbonyl (C=O) groups is 2. The lowest BCUT2D eigenvalue weighted by atomic mass is 10.1. The normalized spacial score (nSPS) is 10.4. The van der Waals surface area contributed by atoms with Crippen molar-refractivity contribution in [3.8, 4) is 0 Å². The van der Waals surface area contributed by atoms with Gasteiger partial charge in [0.05, 0.1) is 5.75 Å². The van der Waals surface area contributed by atoms with Gasteiger partial charge in [0.2, 0.25) is 5.91 Å². The summed E-state index contributed by atoms with van der Waals surface area (Å²) in [5.41, 5.74) is 1.44. The summed E-state index contributed by atoms with van der Waals surface area (Å²) in [6.07, 6.45) is 2.44. The van der Waals surface area contributed by atoms with Crippen LogP contribution in [0.25, 0.3) is 0 Å². The Morgan fingerprint density at radius 1 is 1.04 bits per heavy atom. The van der Waals surface area contributed by atoms with Crippen LogP contribution in [0.3, 0.4) is 0 Å². The number of hydrogen-bond acceptors (Lipinski definition) is 3. The second kappa shape index (κ2) is 9.50. The van der Waals surface area contributed by atoms with E-state index in [1.54, 1.807) is 24.3 Å². The molecule has 0 aliphatic rings. The third kappa shape index (κ3) is 6.02. The number of Topliss-reactive ketones (excluding diaryl/α,β-unsaturated/α-hetero) is 1. The van der Waals surface area contributed by atoms with Gasteiger partial charge in [0.15, 0.2) is 5.78 Å². The smallest absolute Gasteiger partial charge is 0.224 e. The standard InChI is InChI=1S/C19H20ClNO2S/c1-2-3-4-19(23)21-16-9-11-17(12-10-16)24-13-18(22)14-5-7-15(20)8-6-14/h5-12H,2-4,13H2,1H3,(H,21,23). The van der Waals surface area contributed by atoms with Gasteiger partial charge < -0.3 is 5.32 Å². The lowest BCUT2D eigenvalue weighted by Gasteiger charge is -2.06. The Labute approximate surface area is 151 Å². The molecular weight excluding hydrogens is 342 g/mol. The summed E-state index contributed by atoms with van der Waals surface area (Å²) in [5, 5.41) is 3.49. The molecule has 3 nitrogen and oxygen atoms in total. The van der Waals surface area contributed by atoms with Crippen LogP contribution in [-0.4, -0.2) is 17.4 Å². The first-order valence-corrected chi connectivity index (χ1v) is 9.26. The molecule has 0 spiro atoms. The van der Waals surface area contributed by atoms with E-state index in [0.717, 1.165) is 23.4 Å². The third-order valence-electron chi connectivity index (χ3n) is 3.43. The lowest BCUT2D eigenvalue weighted by molar-refractivity contribution is -0.116. The number of amides is 1. The number of benzene rings is 2. The van der Waals surface area contributed by atoms with Crippen LogP contribution in [0.15, 0.2) is 53.4 Å². The van der Waals surface area contributed by atoms with E-state index in [2.05, 4.69) is 12.2 Å². The zero-order valence-electron chi connectivity index (χ0n) is 13.5. The van der Waals surface area contributed by atoms with Gasteiger partial charge in [0.1, 0.15) is 0 Å². The Bertz CT molecular complexity index is 684. The van der Waals surface area contributed by atoms with Crippen LogP contribution in [-0.2, 0) is 4.79 Å². The van der Waals surface area contributed by atoms with Crippen LogP contribution in [0, 0.1) is 0 Å². The van der Waals surface area contributed by atoms with E-state index >= 15 is 0 Å². The SMILES string of the molecule is CCCCC(=O)Nc1ccc(SCC(=O)c2ccc(Cl)cc2)cc1. The topological polar surface area (TPSA) is 46.2 Å². The summed E-state index contributed by atoms with van der Waals surface area (Å²) < 4.78 is 0. The fourth-order valence-corrected chi connectivity index (χ4v) is 2.98. The summed E-state index contributed by atoms with van der Waals surface area (Å²) in [4.78, 5) is 24.8. The van der Waals surface area contributed by atoms with E-state index < -0.39 is 0 Å². The number of thioether (sulfide) groups is 1. The minimum atomic E-state index is 0.0372. The quantitative estimate of drug-likeness (QED) is 0.502. The van der Waals surface area contributed by atoms with Gasteiger partial charge in [-0.3, -0.25) is 9.59 Å². The number of halogens is 1. The largest absolute Gasteiger partial charge is 0.326 e. The molecule has 24 heavy (non-hydrogen) atoms. The molecule has 2 rings (SSSR count). The molecule has 2 aromatic carbocycles. The Balaban J connectivity index is 1.84. The molecule has 0 bridgehead atoms. The van der Waals surface area contributed by atoms with Crippen LogP contribution in [0.4, 0.5) is 5.69 Å². The van der Waals surface area contributed by atoms with Crippen molar-refractivity contribution in [2.75, 3.05) is 11.1 Å². The lowest BCUT2D eigenvalue weighted by Crippen LogP contribution is -2.10. The molecule has 1 amide bonds. The zero-order valence-corrected chi connectivity index (χ0v) is 15.1. The molecule has 126 valence electrons. The Morgan fingerprint density at radius 2 is 1.71 bits per heavy atom. The molecule has 0 saturated heterocycles. The van der Waals surface area contributed by atoms with Crippen molar-refractivity contribution in [2.24, 2.45) is 0 Å². The van der Waals surface area contributed by atoms with Crippen molar-refractivity contribution in [2.45, 2.75) is 31.1 Å². The fourth-order valence-electron chi connectivity index (χ4n) is 2.06. The van der Waals surface area contributed by atoms with Crippen molar-refractivity contribution < 1.29 is 9.59 Å². The molecular formula is C19H20ClNO2S. The zero-order chi connectivity index (χ0) is 17.4. The monoisotopic (exact) mass is 361 g/mol. The van der Waals surface area contributed by atoms with E-state index in [9.17, 15) is 9.59 Å². The predicted molar refractivity (Wildman–Crippen MR) is 101 cm³/mol. The third-order valence-corrected chi connectivity index (χ3v) is 4.70. The number of anilines is 1. The minimum Gasteiger partial charge on any atom is -0.326 e. The Hall–Kier alpha value is -1.78. The molecule has 0 aromatic heterocycles. The highest BCUT2D eigenvalue weighted by Crippen LogP contribution is 2.22. The molecule has 0 aliphatic carbocycles. The van der Waals surface area contributed by atoms with Gasteiger partial charge in [-0.15, -0.1) is 11.8 Å². The first-order chi connectivity index (χ1) is 11.6. The molecule has 5 heteroatoms. The van der Waals surface area contributed by atoms with E-state index in [-0.39, 0.29) is 11.7 Å². The van der Waals surface area contributed by atoms with E-state index in [0.29, 0.717) is 22.8 Å². The fraction of sp³-hybridized carbons (Fsp3) is 0.263. The minimum absolute atomic E-state index is 0.0372. The Kier molecular flexibility index (Phi) is 7.35. The molecule has 0 fully saturated rings. The highest BCUT2D eigenvalue weighted by atomic mass is 35.5. The number of hydrogen-bond donors (Lipinski definition) is 1. The highest BCUT2D eigenvalue weighted by molar-refractivity contribution is 8.00. The first-order valence-electron chi connectivity index (χ1n) is 7.90. The van der Waals surface area contributed by atoms with Crippen molar-refractivity contribution in [1.82, 2.24) is 0 Å². The van der Waals surface area contributed by atoms with E-state index in [1.165, 1.54) is 11.8 Å². The summed E-state index contributed by atoms with van der Waals surface area (Å²) in [5.74, 6) is 0.466. The van der Waals surface area contributed by atoms with Gasteiger partial charge in [0, 0.05) is 27.6 Å². The van der Waals surface area contributed by atoms with Crippen molar-refractivity contribution in [1.29, 1.82) is 0 Å². The molecule has 0 unspecified atom stereocenters. The van der Waals surface area contributed by atoms with E-state index in [4.69, 9.17) is 11.6 Å². The van der Waals surface area contributed by atoms with Gasteiger partial charge in [-0.25, -0.2) is 0 Å². The molecule has 1 N–H and O–H groups in total. The van der Waals surface area contributed by atoms with Crippen molar-refractivity contribution in [3.05, 3.63) is 59.1 Å². The van der Waals surface area contributed by atoms with Gasteiger partial charge in [-0.1, -0.05) is 24.9 Å². The number of unbranched alkanes of at least 4 members (excludes halogenated alkanes) is 1. The number of rotatable bonds is 8. The second-order valence-electron chi connectivity index (χ2n) is 5.39. The maximum atomic E-state index is 12.1. The summed E-state index contributed by atoms with van der Waals surface area (Å²) >= 11 is 7.30. The van der Waals surface area contributed by atoms with Crippen LogP contribution >= 0.6 is 23.4 Å². The summed E-state index contributed by atoms with van der Waals surface area (Å²) in [6, 6.07) is 14.5. The maximum absolute atomic E-state index is 12.1. The first kappa shape index (κ1) is 18.6. The summed E-state index contributed by atoms with van der Waals surface area (Å²) in [6.45, 7) is 2.06. The summed E-state index contributed by atoms with van der Waals surface area (Å²) in [7, 11) is 0. The van der Waals surface area contributed by atoms with Crippen LogP contribution in [0.2, 0.25) is 5.02 Å². The maximum Gasteiger partial charge on any atom is 0.224 e. The Morgan fingerprint density at radius 3 is 2.33 bits per heavy atom. The van der Waals surface area contributed by atoms with Crippen molar-refractivity contribution >= 4 is 40.7 Å². The van der Waals surface area contributed by atoms with Gasteiger partial charge >= 0.3 is 0 Å². The highest BCUT2D eigenvalue weighted by Gasteiger charge is 2.07. The molecule has 2 aromatic rings. The van der Waals surface area contributed by atoms with E-state index in [1.807, 2.05) is 24.3 Å². The van der Waals surface area contributed by atoms with Crippen LogP contribution < -0.4 is 5.32 Å².